The van der Waals surface area contributed by atoms with E-state index in [1.807, 2.05) is 18.2 Å². The minimum absolute atomic E-state index is 0.0567. The van der Waals surface area contributed by atoms with Crippen LogP contribution in [0.2, 0.25) is 10.0 Å². The number of ether oxygens (including phenoxy) is 1. The fourth-order valence-corrected chi connectivity index (χ4v) is 4.46. The first-order valence-electron chi connectivity index (χ1n) is 9.35. The summed E-state index contributed by atoms with van der Waals surface area (Å²) in [7, 11) is -4.01. The van der Waals surface area contributed by atoms with Crippen molar-refractivity contribution in [2.75, 3.05) is 24.0 Å². The van der Waals surface area contributed by atoms with Gasteiger partial charge in [0, 0.05) is 0 Å². The fraction of sp³-hybridized carbons (Fsp3) is 0.136. The predicted molar refractivity (Wildman–Crippen MR) is 122 cm³/mol. The topological polar surface area (TPSA) is 75.7 Å². The first-order valence-corrected chi connectivity index (χ1v) is 11.5. The van der Waals surface area contributed by atoms with Crippen LogP contribution in [0.5, 0.6) is 5.75 Å². The number of anilines is 1. The second-order valence-corrected chi connectivity index (χ2v) is 9.11. The molecule has 0 heterocycles. The molecule has 6 nitrogen and oxygen atoms in total. The Balaban J connectivity index is 1.73. The summed E-state index contributed by atoms with van der Waals surface area (Å²) in [6, 6.07) is 21.4. The summed E-state index contributed by atoms with van der Waals surface area (Å²) < 4.78 is 33.0. The van der Waals surface area contributed by atoms with E-state index in [4.69, 9.17) is 27.9 Å². The standard InChI is InChI=1S/C22H20Cl2N2O4S/c23-20-12-11-17(15-21(20)24)26(31(28,29)19-9-5-2-6-10-19)16-22(27)25-13-14-30-18-7-3-1-4-8-18/h1-12,15H,13-14,16H2,(H,25,27). The minimum atomic E-state index is -4.01. The Kier molecular flexibility index (Phi) is 7.79. The van der Waals surface area contributed by atoms with Crippen LogP contribution in [0.3, 0.4) is 0 Å². The number of halogens is 2. The highest BCUT2D eigenvalue weighted by molar-refractivity contribution is 7.92. The second kappa shape index (κ2) is 10.5. The van der Waals surface area contributed by atoms with Gasteiger partial charge in [0.15, 0.2) is 0 Å². The first-order chi connectivity index (χ1) is 14.9. The number of hydrogen-bond acceptors (Lipinski definition) is 4. The van der Waals surface area contributed by atoms with Crippen molar-refractivity contribution in [3.05, 3.63) is 88.9 Å². The van der Waals surface area contributed by atoms with Crippen molar-refractivity contribution >= 4 is 44.8 Å². The zero-order chi connectivity index (χ0) is 22.3. The minimum Gasteiger partial charge on any atom is -0.492 e. The maximum absolute atomic E-state index is 13.2. The fourth-order valence-electron chi connectivity index (χ4n) is 2.74. The lowest BCUT2D eigenvalue weighted by Gasteiger charge is -2.24. The van der Waals surface area contributed by atoms with E-state index >= 15 is 0 Å². The predicted octanol–water partition coefficient (Wildman–Crippen LogP) is 4.38. The van der Waals surface area contributed by atoms with E-state index < -0.39 is 22.5 Å². The number of nitrogens with one attached hydrogen (secondary N) is 1. The van der Waals surface area contributed by atoms with Crippen molar-refractivity contribution < 1.29 is 17.9 Å². The van der Waals surface area contributed by atoms with E-state index in [0.717, 1.165) is 4.31 Å². The van der Waals surface area contributed by atoms with Crippen LogP contribution in [-0.4, -0.2) is 34.0 Å². The van der Waals surface area contributed by atoms with E-state index in [1.165, 1.54) is 30.3 Å². The molecule has 3 aromatic rings. The number of rotatable bonds is 9. The number of nitrogens with zero attached hydrogens (tertiary/aromatic N) is 1. The zero-order valence-electron chi connectivity index (χ0n) is 16.4. The van der Waals surface area contributed by atoms with Gasteiger partial charge in [-0.05, 0) is 42.5 Å². The Morgan fingerprint density at radius 2 is 1.55 bits per heavy atom. The van der Waals surface area contributed by atoms with Crippen molar-refractivity contribution in [1.82, 2.24) is 5.32 Å². The van der Waals surface area contributed by atoms with Crippen LogP contribution in [-0.2, 0) is 14.8 Å². The molecule has 0 bridgehead atoms. The molecule has 0 aliphatic heterocycles. The summed E-state index contributed by atoms with van der Waals surface area (Å²) in [6.07, 6.45) is 0. The highest BCUT2D eigenvalue weighted by Gasteiger charge is 2.27. The van der Waals surface area contributed by atoms with Gasteiger partial charge in [-0.3, -0.25) is 9.10 Å². The number of para-hydroxylation sites is 1. The molecule has 0 aliphatic carbocycles. The van der Waals surface area contributed by atoms with Crippen molar-refractivity contribution in [3.63, 3.8) is 0 Å². The van der Waals surface area contributed by atoms with Crippen molar-refractivity contribution in [2.24, 2.45) is 0 Å². The third-order valence-corrected chi connectivity index (χ3v) is 6.77. The summed E-state index contributed by atoms with van der Waals surface area (Å²) in [4.78, 5) is 12.6. The quantitative estimate of drug-likeness (QED) is 0.462. The molecule has 1 amide bonds. The first kappa shape index (κ1) is 22.9. The molecular weight excluding hydrogens is 459 g/mol. The number of carbonyl (C=O) groups excluding carboxylic acids is 1. The van der Waals surface area contributed by atoms with Gasteiger partial charge >= 0.3 is 0 Å². The smallest absolute Gasteiger partial charge is 0.264 e. The highest BCUT2D eigenvalue weighted by Crippen LogP contribution is 2.30. The Labute approximate surface area is 191 Å². The molecule has 3 aromatic carbocycles. The lowest BCUT2D eigenvalue weighted by molar-refractivity contribution is -0.119. The van der Waals surface area contributed by atoms with Gasteiger partial charge in [-0.25, -0.2) is 8.42 Å². The maximum Gasteiger partial charge on any atom is 0.264 e. The van der Waals surface area contributed by atoms with Crippen molar-refractivity contribution in [3.8, 4) is 5.75 Å². The summed E-state index contributed by atoms with van der Waals surface area (Å²) in [5, 5.41) is 3.14. The highest BCUT2D eigenvalue weighted by atomic mass is 35.5. The zero-order valence-corrected chi connectivity index (χ0v) is 18.7. The monoisotopic (exact) mass is 478 g/mol. The third kappa shape index (κ3) is 6.13. The average Bonchev–Trinajstić information content (AvgIpc) is 2.78. The number of hydrogen-bond donors (Lipinski definition) is 1. The Bertz CT molecular complexity index is 1130. The Morgan fingerprint density at radius 1 is 0.903 bits per heavy atom. The molecule has 0 saturated heterocycles. The second-order valence-electron chi connectivity index (χ2n) is 6.43. The molecule has 0 saturated carbocycles. The van der Waals surface area contributed by atoms with Crippen LogP contribution in [0.15, 0.2) is 83.8 Å². The lowest BCUT2D eigenvalue weighted by Crippen LogP contribution is -2.41. The van der Waals surface area contributed by atoms with E-state index in [0.29, 0.717) is 5.75 Å². The van der Waals surface area contributed by atoms with Gasteiger partial charge < -0.3 is 10.1 Å². The van der Waals surface area contributed by atoms with Crippen LogP contribution in [0, 0.1) is 0 Å². The number of benzene rings is 3. The van der Waals surface area contributed by atoms with Crippen molar-refractivity contribution in [1.29, 1.82) is 0 Å². The van der Waals surface area contributed by atoms with E-state index in [-0.39, 0.29) is 33.8 Å². The van der Waals surface area contributed by atoms with Gasteiger partial charge in [0.2, 0.25) is 5.91 Å². The third-order valence-electron chi connectivity index (χ3n) is 4.25. The molecule has 3 rings (SSSR count). The van der Waals surface area contributed by atoms with Gasteiger partial charge in [-0.15, -0.1) is 0 Å². The largest absolute Gasteiger partial charge is 0.492 e. The SMILES string of the molecule is O=C(CN(c1ccc(Cl)c(Cl)c1)S(=O)(=O)c1ccccc1)NCCOc1ccccc1. The van der Waals surface area contributed by atoms with Crippen molar-refractivity contribution in [2.45, 2.75) is 4.90 Å². The van der Waals surface area contributed by atoms with Crippen LogP contribution >= 0.6 is 23.2 Å². The number of amides is 1. The van der Waals surface area contributed by atoms with Crippen LogP contribution in [0.1, 0.15) is 0 Å². The lowest BCUT2D eigenvalue weighted by atomic mass is 10.3. The molecule has 1 N–H and O–H groups in total. The normalized spacial score (nSPS) is 11.0. The van der Waals surface area contributed by atoms with Crippen LogP contribution in [0.4, 0.5) is 5.69 Å². The molecule has 0 aliphatic rings. The van der Waals surface area contributed by atoms with Gasteiger partial charge in [-0.2, -0.15) is 0 Å². The van der Waals surface area contributed by atoms with Gasteiger partial charge in [0.25, 0.3) is 10.0 Å². The van der Waals surface area contributed by atoms with E-state index in [2.05, 4.69) is 5.32 Å². The van der Waals surface area contributed by atoms with Gasteiger partial charge in [0.05, 0.1) is 27.2 Å². The summed E-state index contributed by atoms with van der Waals surface area (Å²) in [5.41, 5.74) is 0.230. The molecule has 0 fully saturated rings. The molecule has 9 heteroatoms. The van der Waals surface area contributed by atoms with E-state index in [9.17, 15) is 13.2 Å². The molecule has 0 unspecified atom stereocenters. The summed E-state index contributed by atoms with van der Waals surface area (Å²) in [5.74, 6) is 0.197. The summed E-state index contributed by atoms with van der Waals surface area (Å²) >= 11 is 12.0. The number of sulfonamides is 1. The molecule has 31 heavy (non-hydrogen) atoms. The van der Waals surface area contributed by atoms with Crippen LogP contribution in [0.25, 0.3) is 0 Å². The molecule has 0 radical (unpaired) electrons. The maximum atomic E-state index is 13.2. The molecule has 0 aromatic heterocycles. The molecule has 162 valence electrons. The van der Waals surface area contributed by atoms with E-state index in [1.54, 1.807) is 30.3 Å². The Hall–Kier alpha value is -2.74. The van der Waals surface area contributed by atoms with Gasteiger partial charge in [-0.1, -0.05) is 59.6 Å². The van der Waals surface area contributed by atoms with Crippen LogP contribution < -0.4 is 14.4 Å². The molecule has 0 atom stereocenters. The molecular formula is C22H20Cl2N2O4S. The van der Waals surface area contributed by atoms with Gasteiger partial charge in [0.1, 0.15) is 18.9 Å². The Morgan fingerprint density at radius 3 is 2.19 bits per heavy atom. The molecule has 0 spiro atoms. The summed E-state index contributed by atoms with van der Waals surface area (Å²) in [6.45, 7) is 0.0306. The average molecular weight is 479 g/mol. The number of carbonyl (C=O) groups is 1.